The summed E-state index contributed by atoms with van der Waals surface area (Å²) in [5.41, 5.74) is 1.66. The molecule has 0 aromatic heterocycles. The maximum atomic E-state index is 9.71. The van der Waals surface area contributed by atoms with Crippen molar-refractivity contribution in [2.45, 2.75) is 0 Å². The predicted octanol–water partition coefficient (Wildman–Crippen LogP) is 2.15. The molecule has 3 rings (SSSR count). The Kier molecular flexibility index (Phi) is 2.79. The molecule has 1 heterocycles. The standard InChI is InChI=1S/C15H12O6/c16-10-2-1-7-3-9(6-21-15(7)14(10)20)8-4-11(17)13(19)12(18)5-8/h1-5,16-20H,6H2. The lowest BCUT2D eigenvalue weighted by Gasteiger charge is -2.20. The molecule has 0 aliphatic carbocycles. The zero-order valence-corrected chi connectivity index (χ0v) is 10.7. The highest BCUT2D eigenvalue weighted by atomic mass is 16.5. The van der Waals surface area contributed by atoms with Crippen LogP contribution in [0.4, 0.5) is 0 Å². The Morgan fingerprint density at radius 1 is 0.810 bits per heavy atom. The lowest BCUT2D eigenvalue weighted by atomic mass is 9.99. The SMILES string of the molecule is Oc1cc(C2=Cc3ccc(O)c(O)c3OC2)cc(O)c1O. The van der Waals surface area contributed by atoms with E-state index in [4.69, 9.17) is 4.74 Å². The molecule has 1 aliphatic heterocycles. The number of fused-ring (bicyclic) bond motifs is 1. The third kappa shape index (κ3) is 2.06. The number of hydrogen-bond acceptors (Lipinski definition) is 6. The topological polar surface area (TPSA) is 110 Å². The van der Waals surface area contributed by atoms with Crippen molar-refractivity contribution in [3.8, 4) is 34.5 Å². The van der Waals surface area contributed by atoms with Gasteiger partial charge in [-0.2, -0.15) is 0 Å². The maximum absolute atomic E-state index is 9.71. The van der Waals surface area contributed by atoms with E-state index in [1.165, 1.54) is 18.2 Å². The number of rotatable bonds is 1. The van der Waals surface area contributed by atoms with Crippen LogP contribution in [0.15, 0.2) is 24.3 Å². The molecule has 0 unspecified atom stereocenters. The molecule has 5 N–H and O–H groups in total. The number of aromatic hydroxyl groups is 5. The Morgan fingerprint density at radius 2 is 1.48 bits per heavy atom. The molecule has 2 aromatic carbocycles. The lowest BCUT2D eigenvalue weighted by Crippen LogP contribution is -2.06. The summed E-state index contributed by atoms with van der Waals surface area (Å²) >= 11 is 0. The van der Waals surface area contributed by atoms with Crippen molar-refractivity contribution in [3.05, 3.63) is 35.4 Å². The molecule has 21 heavy (non-hydrogen) atoms. The van der Waals surface area contributed by atoms with Gasteiger partial charge in [-0.3, -0.25) is 0 Å². The predicted molar refractivity (Wildman–Crippen MR) is 74.6 cm³/mol. The fraction of sp³-hybridized carbons (Fsp3) is 0.0667. The van der Waals surface area contributed by atoms with Crippen LogP contribution in [0.25, 0.3) is 11.6 Å². The van der Waals surface area contributed by atoms with Crippen LogP contribution in [-0.2, 0) is 0 Å². The van der Waals surface area contributed by atoms with Crippen LogP contribution < -0.4 is 4.74 Å². The van der Waals surface area contributed by atoms with Crippen LogP contribution in [0.3, 0.4) is 0 Å². The van der Waals surface area contributed by atoms with Gasteiger partial charge in [-0.15, -0.1) is 0 Å². The number of phenols is 5. The van der Waals surface area contributed by atoms with Gasteiger partial charge >= 0.3 is 0 Å². The van der Waals surface area contributed by atoms with Crippen LogP contribution in [0.2, 0.25) is 0 Å². The number of benzene rings is 2. The zero-order chi connectivity index (χ0) is 15.1. The first-order valence-electron chi connectivity index (χ1n) is 6.11. The first-order chi connectivity index (χ1) is 9.97. The van der Waals surface area contributed by atoms with Crippen LogP contribution >= 0.6 is 0 Å². The van der Waals surface area contributed by atoms with E-state index in [1.54, 1.807) is 12.1 Å². The van der Waals surface area contributed by atoms with Crippen LogP contribution in [-0.4, -0.2) is 32.1 Å². The number of hydrogen-bond donors (Lipinski definition) is 5. The number of phenolic OH excluding ortho intramolecular Hbond substituents is 5. The monoisotopic (exact) mass is 288 g/mol. The molecule has 0 fully saturated rings. The molecular weight excluding hydrogens is 276 g/mol. The minimum absolute atomic E-state index is 0.0771. The average molecular weight is 288 g/mol. The van der Waals surface area contributed by atoms with Crippen molar-refractivity contribution < 1.29 is 30.3 Å². The molecular formula is C15H12O6. The second-order valence-corrected chi connectivity index (χ2v) is 4.67. The summed E-state index contributed by atoms with van der Waals surface area (Å²) in [6.45, 7) is 0.0771. The Balaban J connectivity index is 2.09. The molecule has 0 spiro atoms. The molecule has 0 saturated carbocycles. The molecule has 6 heteroatoms. The van der Waals surface area contributed by atoms with Gasteiger partial charge in [0.15, 0.2) is 28.7 Å². The average Bonchev–Trinajstić information content (AvgIpc) is 2.48. The van der Waals surface area contributed by atoms with Gasteiger partial charge in [0.1, 0.15) is 6.61 Å². The normalized spacial score (nSPS) is 13.2. The second kappa shape index (κ2) is 4.52. The molecule has 0 bridgehead atoms. The van der Waals surface area contributed by atoms with E-state index >= 15 is 0 Å². The van der Waals surface area contributed by atoms with Crippen LogP contribution in [0.1, 0.15) is 11.1 Å². The van der Waals surface area contributed by atoms with Gasteiger partial charge in [0.2, 0.25) is 5.75 Å². The molecule has 0 radical (unpaired) electrons. The van der Waals surface area contributed by atoms with Gasteiger partial charge in [0.05, 0.1) is 0 Å². The summed E-state index contributed by atoms with van der Waals surface area (Å²) in [7, 11) is 0. The van der Waals surface area contributed by atoms with Gasteiger partial charge in [-0.25, -0.2) is 0 Å². The Hall–Kier alpha value is -3.02. The Morgan fingerprint density at radius 3 is 2.14 bits per heavy atom. The highest BCUT2D eigenvalue weighted by Crippen LogP contribution is 2.44. The highest BCUT2D eigenvalue weighted by molar-refractivity contribution is 5.88. The zero-order valence-electron chi connectivity index (χ0n) is 10.7. The summed E-state index contributed by atoms with van der Waals surface area (Å²) in [4.78, 5) is 0. The van der Waals surface area contributed by atoms with Crippen molar-refractivity contribution in [1.29, 1.82) is 0 Å². The fourth-order valence-electron chi connectivity index (χ4n) is 2.18. The smallest absolute Gasteiger partial charge is 0.201 e. The molecule has 0 atom stereocenters. The minimum atomic E-state index is -0.584. The van der Waals surface area contributed by atoms with Gasteiger partial charge in [0, 0.05) is 5.56 Å². The van der Waals surface area contributed by atoms with Gasteiger partial charge in [0.25, 0.3) is 0 Å². The summed E-state index contributed by atoms with van der Waals surface area (Å²) in [5, 5.41) is 47.5. The van der Waals surface area contributed by atoms with E-state index in [1.807, 2.05) is 0 Å². The van der Waals surface area contributed by atoms with E-state index in [9.17, 15) is 25.5 Å². The Bertz CT molecular complexity index is 740. The summed E-state index contributed by atoms with van der Waals surface area (Å²) in [6.07, 6.45) is 1.70. The second-order valence-electron chi connectivity index (χ2n) is 4.67. The molecule has 108 valence electrons. The summed E-state index contributed by atoms with van der Waals surface area (Å²) in [6, 6.07) is 5.51. The molecule has 0 amide bonds. The van der Waals surface area contributed by atoms with E-state index in [0.717, 1.165) is 0 Å². The quantitative estimate of drug-likeness (QED) is 0.514. The van der Waals surface area contributed by atoms with Crippen LogP contribution in [0.5, 0.6) is 34.5 Å². The summed E-state index contributed by atoms with van der Waals surface area (Å²) in [5.74, 6) is -1.90. The minimum Gasteiger partial charge on any atom is -0.504 e. The van der Waals surface area contributed by atoms with E-state index in [-0.39, 0.29) is 23.9 Å². The third-order valence-corrected chi connectivity index (χ3v) is 3.28. The third-order valence-electron chi connectivity index (χ3n) is 3.28. The van der Waals surface area contributed by atoms with Crippen molar-refractivity contribution >= 4 is 11.6 Å². The van der Waals surface area contributed by atoms with Crippen LogP contribution in [0, 0.1) is 0 Å². The largest absolute Gasteiger partial charge is 0.504 e. The first kappa shape index (κ1) is 13.0. The highest BCUT2D eigenvalue weighted by Gasteiger charge is 2.20. The first-order valence-corrected chi connectivity index (χ1v) is 6.11. The molecule has 1 aliphatic rings. The summed E-state index contributed by atoms with van der Waals surface area (Å²) < 4.78 is 5.41. The van der Waals surface area contributed by atoms with Crippen molar-refractivity contribution in [2.75, 3.05) is 6.61 Å². The van der Waals surface area contributed by atoms with Crippen molar-refractivity contribution in [2.24, 2.45) is 0 Å². The van der Waals surface area contributed by atoms with E-state index < -0.39 is 17.2 Å². The Labute approximate surface area is 119 Å². The van der Waals surface area contributed by atoms with Gasteiger partial charge in [-0.1, -0.05) is 0 Å². The lowest BCUT2D eigenvalue weighted by molar-refractivity contribution is 0.325. The van der Waals surface area contributed by atoms with Gasteiger partial charge in [-0.05, 0) is 41.5 Å². The van der Waals surface area contributed by atoms with E-state index in [2.05, 4.69) is 0 Å². The molecule has 6 nitrogen and oxygen atoms in total. The van der Waals surface area contributed by atoms with Gasteiger partial charge < -0.3 is 30.3 Å². The molecule has 2 aromatic rings. The van der Waals surface area contributed by atoms with Crippen molar-refractivity contribution in [1.82, 2.24) is 0 Å². The maximum Gasteiger partial charge on any atom is 0.201 e. The molecule has 0 saturated heterocycles. The fourth-order valence-corrected chi connectivity index (χ4v) is 2.18. The van der Waals surface area contributed by atoms with E-state index in [0.29, 0.717) is 16.7 Å². The number of ether oxygens (including phenoxy) is 1. The van der Waals surface area contributed by atoms with Crippen molar-refractivity contribution in [3.63, 3.8) is 0 Å².